The van der Waals surface area contributed by atoms with Crippen LogP contribution in [0.5, 0.6) is 5.75 Å². The molecule has 0 spiro atoms. The van der Waals surface area contributed by atoms with Crippen LogP contribution in [-0.2, 0) is 4.79 Å². The second kappa shape index (κ2) is 14.0. The first kappa shape index (κ1) is 28.5. The van der Waals surface area contributed by atoms with Gasteiger partial charge in [0.2, 0.25) is 11.9 Å². The number of hydrogen-bond acceptors (Lipinski definition) is 6. The Bertz CT molecular complexity index is 1250. The summed E-state index contributed by atoms with van der Waals surface area (Å²) in [7, 11) is 3.34. The summed E-state index contributed by atoms with van der Waals surface area (Å²) < 4.78 is 18.4. The molecule has 1 amide bonds. The van der Waals surface area contributed by atoms with Crippen LogP contribution in [0.15, 0.2) is 72.0 Å². The zero-order valence-electron chi connectivity index (χ0n) is 22.8. The minimum absolute atomic E-state index is 0.187. The molecule has 0 aliphatic carbocycles. The fourth-order valence-corrected chi connectivity index (χ4v) is 4.03. The monoisotopic (exact) mass is 517 g/mol. The topological polar surface area (TPSA) is 70.9 Å². The van der Waals surface area contributed by atoms with Crippen LogP contribution in [0.2, 0.25) is 0 Å². The summed E-state index contributed by atoms with van der Waals surface area (Å²) in [6.45, 7) is 8.73. The Morgan fingerprint density at radius 3 is 2.26 bits per heavy atom. The van der Waals surface area contributed by atoms with Crippen LogP contribution in [0, 0.1) is 12.7 Å². The van der Waals surface area contributed by atoms with Crippen molar-refractivity contribution >= 4 is 23.1 Å². The summed E-state index contributed by atoms with van der Waals surface area (Å²) in [5, 5.41) is 0. The second-order valence-corrected chi connectivity index (χ2v) is 8.91. The number of carbonyl (C=O) groups excluding carboxylic acids is 1. The summed E-state index contributed by atoms with van der Waals surface area (Å²) in [4.78, 5) is 28.3. The minimum atomic E-state index is -0.187. The first-order chi connectivity index (χ1) is 18.4. The van der Waals surface area contributed by atoms with Crippen LogP contribution < -0.4 is 9.64 Å². The third-order valence-electron chi connectivity index (χ3n) is 6.34. The van der Waals surface area contributed by atoms with E-state index in [-0.39, 0.29) is 11.7 Å². The number of methoxy groups -OCH3 is 1. The predicted molar refractivity (Wildman–Crippen MR) is 151 cm³/mol. The lowest BCUT2D eigenvalue weighted by Gasteiger charge is -2.34. The summed E-state index contributed by atoms with van der Waals surface area (Å²) >= 11 is 0. The maximum atomic E-state index is 13.3. The first-order valence-corrected chi connectivity index (χ1v) is 12.7. The number of halogens is 1. The summed E-state index contributed by atoms with van der Waals surface area (Å²) in [6, 6.07) is 15.2. The molecule has 1 aromatic heterocycles. The van der Waals surface area contributed by atoms with Crippen molar-refractivity contribution in [3.63, 3.8) is 0 Å². The number of hydrogen-bond donors (Lipinski definition) is 0. The van der Waals surface area contributed by atoms with Gasteiger partial charge in [-0.3, -0.25) is 9.79 Å². The maximum Gasteiger partial charge on any atom is 0.225 e. The van der Waals surface area contributed by atoms with Crippen LogP contribution in [-0.4, -0.2) is 66.8 Å². The number of aromatic nitrogens is 2. The highest BCUT2D eigenvalue weighted by Crippen LogP contribution is 2.17. The molecule has 0 N–H and O–H groups in total. The molecule has 7 nitrogen and oxygen atoms in total. The van der Waals surface area contributed by atoms with Gasteiger partial charge in [0.1, 0.15) is 5.82 Å². The molecule has 0 radical (unpaired) electrons. The Morgan fingerprint density at radius 1 is 1.05 bits per heavy atom. The lowest BCUT2D eigenvalue weighted by atomic mass is 10.0. The highest BCUT2D eigenvalue weighted by Gasteiger charge is 2.21. The van der Waals surface area contributed by atoms with Crippen molar-refractivity contribution in [3.8, 4) is 5.75 Å². The van der Waals surface area contributed by atoms with Crippen LogP contribution >= 0.6 is 0 Å². The number of amides is 1. The standard InChI is InChI=1S/C18H18FN.C12H18N4O2/c1-13(15-7-5-4-6-8-15)12-18(20-3)16-9-10-17(19)14(2)11-16;1-3-11(17)15-4-6-16(7-5-15)12-13-8-10(18-2)9-14-12/h4-12H,1-3H3;8-9H,3-7H2,1-2H3/b13-12+,20-18?;. The van der Waals surface area contributed by atoms with Gasteiger partial charge >= 0.3 is 0 Å². The molecule has 0 unspecified atom stereocenters. The smallest absolute Gasteiger partial charge is 0.225 e. The number of ether oxygens (including phenoxy) is 1. The lowest BCUT2D eigenvalue weighted by molar-refractivity contribution is -0.131. The minimum Gasteiger partial charge on any atom is -0.494 e. The van der Waals surface area contributed by atoms with Gasteiger partial charge in [-0.2, -0.15) is 0 Å². The van der Waals surface area contributed by atoms with Crippen molar-refractivity contribution in [2.24, 2.45) is 4.99 Å². The van der Waals surface area contributed by atoms with E-state index >= 15 is 0 Å². The quantitative estimate of drug-likeness (QED) is 0.421. The molecule has 1 saturated heterocycles. The molecule has 0 bridgehead atoms. The number of anilines is 1. The predicted octanol–water partition coefficient (Wildman–Crippen LogP) is 5.20. The normalized spacial score (nSPS) is 14.1. The molecular weight excluding hydrogens is 481 g/mol. The van der Waals surface area contributed by atoms with Crippen LogP contribution in [0.25, 0.3) is 5.57 Å². The molecule has 8 heteroatoms. The van der Waals surface area contributed by atoms with Gasteiger partial charge in [0.15, 0.2) is 5.75 Å². The highest BCUT2D eigenvalue weighted by molar-refractivity contribution is 6.12. The summed E-state index contributed by atoms with van der Waals surface area (Å²) in [5.74, 6) is 1.37. The molecule has 38 heavy (non-hydrogen) atoms. The first-order valence-electron chi connectivity index (χ1n) is 12.7. The number of carbonyl (C=O) groups is 1. The van der Waals surface area contributed by atoms with E-state index in [1.807, 2.05) is 42.2 Å². The van der Waals surface area contributed by atoms with Gasteiger partial charge in [0.05, 0.1) is 25.2 Å². The average Bonchev–Trinajstić information content (AvgIpc) is 2.97. The molecule has 1 aliphatic heterocycles. The third kappa shape index (κ3) is 7.71. The van der Waals surface area contributed by atoms with Gasteiger partial charge in [0, 0.05) is 45.2 Å². The Hall–Kier alpha value is -4.07. The van der Waals surface area contributed by atoms with Crippen molar-refractivity contribution in [2.75, 3.05) is 45.2 Å². The molecule has 0 atom stereocenters. The Labute approximate surface area is 224 Å². The van der Waals surface area contributed by atoms with Crippen molar-refractivity contribution in [1.29, 1.82) is 0 Å². The van der Waals surface area contributed by atoms with Gasteiger partial charge in [-0.15, -0.1) is 0 Å². The van der Waals surface area contributed by atoms with E-state index < -0.39 is 0 Å². The van der Waals surface area contributed by atoms with E-state index in [9.17, 15) is 9.18 Å². The van der Waals surface area contributed by atoms with E-state index in [2.05, 4.69) is 38.9 Å². The molecule has 1 fully saturated rings. The number of benzene rings is 2. The lowest BCUT2D eigenvalue weighted by Crippen LogP contribution is -2.49. The SMILES string of the molecule is CCC(=O)N1CCN(c2ncc(OC)cn2)CC1.CN=C(/C=C(\C)c1ccccc1)c1ccc(F)c(C)c1. The molecule has 3 aromatic rings. The molecule has 0 saturated carbocycles. The number of piperazine rings is 1. The Kier molecular flexibility index (Phi) is 10.5. The van der Waals surface area contributed by atoms with Crippen LogP contribution in [0.4, 0.5) is 10.3 Å². The Balaban J connectivity index is 0.000000212. The highest BCUT2D eigenvalue weighted by atomic mass is 19.1. The third-order valence-corrected chi connectivity index (χ3v) is 6.34. The van der Waals surface area contributed by atoms with Gasteiger partial charge < -0.3 is 14.5 Å². The fourth-order valence-electron chi connectivity index (χ4n) is 4.03. The zero-order chi connectivity index (χ0) is 27.5. The van der Waals surface area contributed by atoms with E-state index in [1.54, 1.807) is 39.5 Å². The molecule has 2 aromatic carbocycles. The molecule has 200 valence electrons. The van der Waals surface area contributed by atoms with Gasteiger partial charge in [0.25, 0.3) is 0 Å². The number of aryl methyl sites for hydroxylation is 1. The number of nitrogens with zero attached hydrogens (tertiary/aromatic N) is 5. The zero-order valence-corrected chi connectivity index (χ0v) is 22.8. The van der Waals surface area contributed by atoms with Crippen molar-refractivity contribution in [2.45, 2.75) is 27.2 Å². The molecule has 2 heterocycles. The molecule has 4 rings (SSSR count). The van der Waals surface area contributed by atoms with Gasteiger partial charge in [-0.05, 0) is 54.8 Å². The van der Waals surface area contributed by atoms with E-state index in [0.717, 1.165) is 48.6 Å². The fraction of sp³-hybridized carbons (Fsp3) is 0.333. The molecular formula is C30H36FN5O2. The largest absolute Gasteiger partial charge is 0.494 e. The van der Waals surface area contributed by atoms with E-state index in [4.69, 9.17) is 4.74 Å². The number of rotatable bonds is 6. The van der Waals surface area contributed by atoms with Gasteiger partial charge in [-0.1, -0.05) is 37.3 Å². The summed E-state index contributed by atoms with van der Waals surface area (Å²) in [5.41, 5.74) is 4.71. The van der Waals surface area contributed by atoms with Crippen molar-refractivity contribution < 1.29 is 13.9 Å². The van der Waals surface area contributed by atoms with Crippen molar-refractivity contribution in [3.05, 3.63) is 89.5 Å². The second-order valence-electron chi connectivity index (χ2n) is 8.91. The van der Waals surface area contributed by atoms with Crippen LogP contribution in [0.1, 0.15) is 37.0 Å². The van der Waals surface area contributed by atoms with E-state index in [0.29, 0.717) is 23.7 Å². The maximum absolute atomic E-state index is 13.3. The van der Waals surface area contributed by atoms with E-state index in [1.165, 1.54) is 6.07 Å². The average molecular weight is 518 g/mol. The summed E-state index contributed by atoms with van der Waals surface area (Å²) in [6.07, 6.45) is 5.92. The number of aliphatic imine (C=N–C) groups is 1. The van der Waals surface area contributed by atoms with Crippen LogP contribution in [0.3, 0.4) is 0 Å². The Morgan fingerprint density at radius 2 is 1.71 bits per heavy atom. The van der Waals surface area contributed by atoms with Crippen molar-refractivity contribution in [1.82, 2.24) is 14.9 Å². The number of allylic oxidation sites excluding steroid dienone is 2. The van der Waals surface area contributed by atoms with Gasteiger partial charge in [-0.25, -0.2) is 14.4 Å². The molecule has 1 aliphatic rings.